The summed E-state index contributed by atoms with van der Waals surface area (Å²) in [5.74, 6) is -0.441. The summed E-state index contributed by atoms with van der Waals surface area (Å²) in [5, 5.41) is 3.02. The summed E-state index contributed by atoms with van der Waals surface area (Å²) in [6.45, 7) is 0.642. The van der Waals surface area contributed by atoms with Gasteiger partial charge in [-0.2, -0.15) is 0 Å². The number of carbonyl (C=O) groups is 1. The summed E-state index contributed by atoms with van der Waals surface area (Å²) in [6.07, 6.45) is 0.840. The summed E-state index contributed by atoms with van der Waals surface area (Å²) in [6, 6.07) is 36.5. The van der Waals surface area contributed by atoms with Crippen LogP contribution in [0.2, 0.25) is 10.0 Å². The Bertz CT molecular complexity index is 1820. The van der Waals surface area contributed by atoms with Crippen LogP contribution in [0.5, 0.6) is 0 Å². The number of amides is 1. The third kappa shape index (κ3) is 4.45. The third-order valence-corrected chi connectivity index (χ3v) is 7.63. The van der Waals surface area contributed by atoms with Gasteiger partial charge in [-0.25, -0.2) is 0 Å². The van der Waals surface area contributed by atoms with Gasteiger partial charge in [0.15, 0.2) is 0 Å². The van der Waals surface area contributed by atoms with Gasteiger partial charge in [-0.05, 0) is 59.0 Å². The lowest BCUT2D eigenvalue weighted by atomic mass is 9.99. The molecule has 0 spiro atoms. The monoisotopic (exact) mass is 534 g/mol. The van der Waals surface area contributed by atoms with E-state index < -0.39 is 5.91 Å². The molecule has 0 radical (unpaired) electrons. The topological polar surface area (TPSA) is 48.0 Å². The van der Waals surface area contributed by atoms with Crippen LogP contribution in [0.1, 0.15) is 27.0 Å². The number of carbonyl (C=O) groups excluding carboxylic acids is 1. The van der Waals surface area contributed by atoms with Gasteiger partial charge < -0.3 is 10.3 Å². The smallest absolute Gasteiger partial charge is 0.249 e. The van der Waals surface area contributed by atoms with Crippen molar-refractivity contribution in [2.24, 2.45) is 5.73 Å². The number of benzene rings is 5. The van der Waals surface area contributed by atoms with Gasteiger partial charge in [-0.15, -0.1) is 0 Å². The first kappa shape index (κ1) is 24.3. The SMILES string of the molecule is NC(=O)c1cccc2c1c1ccc(-c3ccc(Cl)cc3Cl)cc1n2Cc1ccccc1Cc1ccccc1. The molecule has 0 aliphatic heterocycles. The molecule has 0 atom stereocenters. The normalized spacial score (nSPS) is 11.3. The second kappa shape index (κ2) is 10.0. The first-order valence-electron chi connectivity index (χ1n) is 12.4. The molecule has 186 valence electrons. The quantitative estimate of drug-likeness (QED) is 0.228. The average molecular weight is 535 g/mol. The van der Waals surface area contributed by atoms with Crippen molar-refractivity contribution in [3.63, 3.8) is 0 Å². The minimum absolute atomic E-state index is 0.441. The number of hydrogen-bond acceptors (Lipinski definition) is 1. The van der Waals surface area contributed by atoms with Crippen molar-refractivity contribution < 1.29 is 4.79 Å². The van der Waals surface area contributed by atoms with E-state index in [9.17, 15) is 4.79 Å². The molecule has 0 bridgehead atoms. The standard InChI is InChI=1S/C33H24Cl2N2O/c34-25-14-16-26(29(35)19-25)23-13-15-27-31(18-23)37(30-12-6-11-28(32(27)30)33(36)38)20-24-10-5-4-9-22(24)17-21-7-2-1-3-8-21/h1-16,18-19H,17,20H2,(H2,36,38). The molecule has 6 aromatic rings. The number of rotatable bonds is 6. The number of halogens is 2. The Kier molecular flexibility index (Phi) is 6.40. The predicted octanol–water partition coefficient (Wildman–Crippen LogP) is 8.51. The van der Waals surface area contributed by atoms with Crippen molar-refractivity contribution in [3.05, 3.63) is 141 Å². The van der Waals surface area contributed by atoms with Crippen molar-refractivity contribution >= 4 is 50.9 Å². The summed E-state index contributed by atoms with van der Waals surface area (Å²) >= 11 is 12.7. The zero-order valence-corrected chi connectivity index (χ0v) is 22.0. The van der Waals surface area contributed by atoms with Crippen molar-refractivity contribution in [2.75, 3.05) is 0 Å². The fourth-order valence-electron chi connectivity index (χ4n) is 5.28. The molecule has 0 aliphatic carbocycles. The van der Waals surface area contributed by atoms with Crippen LogP contribution in [0.4, 0.5) is 0 Å². The summed E-state index contributed by atoms with van der Waals surface area (Å²) in [5.41, 5.74) is 13.9. The molecule has 2 N–H and O–H groups in total. The zero-order valence-electron chi connectivity index (χ0n) is 20.5. The molecule has 3 nitrogen and oxygen atoms in total. The van der Waals surface area contributed by atoms with E-state index in [1.807, 2.05) is 30.3 Å². The van der Waals surface area contributed by atoms with Gasteiger partial charge in [0, 0.05) is 38.5 Å². The number of hydrogen-bond donors (Lipinski definition) is 1. The van der Waals surface area contributed by atoms with Gasteiger partial charge in [-0.3, -0.25) is 4.79 Å². The Morgan fingerprint density at radius 1 is 0.737 bits per heavy atom. The van der Waals surface area contributed by atoms with Gasteiger partial charge >= 0.3 is 0 Å². The lowest BCUT2D eigenvalue weighted by Gasteiger charge is -2.14. The average Bonchev–Trinajstić information content (AvgIpc) is 3.23. The van der Waals surface area contributed by atoms with E-state index in [4.69, 9.17) is 28.9 Å². The van der Waals surface area contributed by atoms with Crippen LogP contribution >= 0.6 is 23.2 Å². The number of nitrogens with two attached hydrogens (primary N) is 1. The number of nitrogens with zero attached hydrogens (tertiary/aromatic N) is 1. The Balaban J connectivity index is 1.56. The van der Waals surface area contributed by atoms with Crippen LogP contribution in [0.25, 0.3) is 32.9 Å². The van der Waals surface area contributed by atoms with Crippen molar-refractivity contribution in [1.29, 1.82) is 0 Å². The lowest BCUT2D eigenvalue weighted by Crippen LogP contribution is -2.11. The van der Waals surface area contributed by atoms with Gasteiger partial charge in [0.1, 0.15) is 0 Å². The minimum atomic E-state index is -0.441. The van der Waals surface area contributed by atoms with E-state index in [-0.39, 0.29) is 0 Å². The minimum Gasteiger partial charge on any atom is -0.366 e. The Morgan fingerprint density at radius 2 is 1.50 bits per heavy atom. The Labute approximate surface area is 231 Å². The van der Waals surface area contributed by atoms with Crippen molar-refractivity contribution in [2.45, 2.75) is 13.0 Å². The van der Waals surface area contributed by atoms with Crippen molar-refractivity contribution in [3.8, 4) is 11.1 Å². The molecule has 0 aliphatic rings. The summed E-state index contributed by atoms with van der Waals surface area (Å²) < 4.78 is 2.27. The highest BCUT2D eigenvalue weighted by Crippen LogP contribution is 2.37. The number of fused-ring (bicyclic) bond motifs is 3. The van der Waals surface area contributed by atoms with Crippen LogP contribution in [0, 0.1) is 0 Å². The van der Waals surface area contributed by atoms with Gasteiger partial charge in [-0.1, -0.05) is 102 Å². The maximum Gasteiger partial charge on any atom is 0.249 e. The fourth-order valence-corrected chi connectivity index (χ4v) is 5.80. The Morgan fingerprint density at radius 3 is 2.26 bits per heavy atom. The van der Waals surface area contributed by atoms with Crippen molar-refractivity contribution in [1.82, 2.24) is 4.57 Å². The van der Waals surface area contributed by atoms with Crippen LogP contribution in [0.15, 0.2) is 109 Å². The maximum absolute atomic E-state index is 12.4. The van der Waals surface area contributed by atoms with Gasteiger partial charge in [0.2, 0.25) is 5.91 Å². The number of aromatic nitrogens is 1. The second-order valence-electron chi connectivity index (χ2n) is 9.44. The molecule has 38 heavy (non-hydrogen) atoms. The van der Waals surface area contributed by atoms with E-state index in [0.29, 0.717) is 22.2 Å². The maximum atomic E-state index is 12.4. The molecular formula is C33H24Cl2N2O. The highest BCUT2D eigenvalue weighted by molar-refractivity contribution is 6.36. The molecule has 0 saturated carbocycles. The predicted molar refractivity (Wildman–Crippen MR) is 158 cm³/mol. The number of primary amides is 1. The zero-order chi connectivity index (χ0) is 26.2. The molecule has 0 saturated heterocycles. The fraction of sp³-hybridized carbons (Fsp3) is 0.0606. The molecule has 0 unspecified atom stereocenters. The molecule has 1 heterocycles. The largest absolute Gasteiger partial charge is 0.366 e. The summed E-state index contributed by atoms with van der Waals surface area (Å²) in [7, 11) is 0. The molecular weight excluding hydrogens is 511 g/mol. The lowest BCUT2D eigenvalue weighted by molar-refractivity contribution is 0.100. The van der Waals surface area contributed by atoms with Gasteiger partial charge in [0.25, 0.3) is 0 Å². The van der Waals surface area contributed by atoms with Crippen LogP contribution < -0.4 is 5.73 Å². The van der Waals surface area contributed by atoms with Crippen LogP contribution in [-0.4, -0.2) is 10.5 Å². The molecule has 1 aromatic heterocycles. The van der Waals surface area contributed by atoms with Crippen LogP contribution in [0.3, 0.4) is 0 Å². The van der Waals surface area contributed by atoms with Crippen LogP contribution in [-0.2, 0) is 13.0 Å². The van der Waals surface area contributed by atoms with E-state index in [0.717, 1.165) is 39.4 Å². The molecule has 1 amide bonds. The molecule has 0 fully saturated rings. The van der Waals surface area contributed by atoms with E-state index >= 15 is 0 Å². The van der Waals surface area contributed by atoms with E-state index in [1.165, 1.54) is 16.7 Å². The first-order valence-corrected chi connectivity index (χ1v) is 13.2. The highest BCUT2D eigenvalue weighted by Gasteiger charge is 2.18. The Hall–Kier alpha value is -4.05. The van der Waals surface area contributed by atoms with E-state index in [1.54, 1.807) is 12.1 Å². The second-order valence-corrected chi connectivity index (χ2v) is 10.3. The van der Waals surface area contributed by atoms with E-state index in [2.05, 4.69) is 71.3 Å². The first-order chi connectivity index (χ1) is 18.5. The molecule has 6 rings (SSSR count). The molecule has 5 aromatic carbocycles. The third-order valence-electron chi connectivity index (χ3n) is 7.08. The highest BCUT2D eigenvalue weighted by atomic mass is 35.5. The van der Waals surface area contributed by atoms with Gasteiger partial charge in [0.05, 0.1) is 11.0 Å². The summed E-state index contributed by atoms with van der Waals surface area (Å²) in [4.78, 5) is 12.4. The molecule has 5 heteroatoms.